The molecule has 1 saturated heterocycles. The molecule has 31 heavy (non-hydrogen) atoms. The summed E-state index contributed by atoms with van der Waals surface area (Å²) in [6.45, 7) is 4.39. The third kappa shape index (κ3) is 4.51. The first kappa shape index (κ1) is 21.2. The SMILES string of the molecule is CC(=O)c1ccc(N2CCN(C(=O)CSc3cc(=O)n(C)c4ccccc34)CC2)cc1. The van der Waals surface area contributed by atoms with Crippen LogP contribution in [0, 0.1) is 0 Å². The van der Waals surface area contributed by atoms with Crippen LogP contribution in [0.5, 0.6) is 0 Å². The number of Topliss-reactive ketones (excluding diaryl/α,β-unsaturated/α-hetero) is 1. The molecular formula is C24H25N3O3S. The van der Waals surface area contributed by atoms with Crippen LogP contribution >= 0.6 is 11.8 Å². The Balaban J connectivity index is 1.37. The molecule has 1 aliphatic heterocycles. The molecule has 0 N–H and O–H groups in total. The first-order valence-corrected chi connectivity index (χ1v) is 11.3. The van der Waals surface area contributed by atoms with Crippen molar-refractivity contribution in [1.29, 1.82) is 0 Å². The van der Waals surface area contributed by atoms with Gasteiger partial charge >= 0.3 is 0 Å². The summed E-state index contributed by atoms with van der Waals surface area (Å²) in [6.07, 6.45) is 0. The lowest BCUT2D eigenvalue weighted by atomic mass is 10.1. The highest BCUT2D eigenvalue weighted by atomic mass is 32.2. The smallest absolute Gasteiger partial charge is 0.251 e. The van der Waals surface area contributed by atoms with E-state index >= 15 is 0 Å². The molecular weight excluding hydrogens is 410 g/mol. The number of rotatable bonds is 5. The van der Waals surface area contributed by atoms with E-state index < -0.39 is 0 Å². The van der Waals surface area contributed by atoms with Crippen LogP contribution < -0.4 is 10.5 Å². The molecule has 2 aromatic carbocycles. The van der Waals surface area contributed by atoms with E-state index in [2.05, 4.69) is 4.90 Å². The molecule has 0 saturated carbocycles. The molecule has 1 amide bonds. The van der Waals surface area contributed by atoms with Gasteiger partial charge in [-0.3, -0.25) is 14.4 Å². The third-order valence-corrected chi connectivity index (χ3v) is 6.78. The Hall–Kier alpha value is -3.06. The van der Waals surface area contributed by atoms with Crippen molar-refractivity contribution in [2.75, 3.05) is 36.8 Å². The molecule has 0 aliphatic carbocycles. The molecule has 160 valence electrons. The third-order valence-electron chi connectivity index (χ3n) is 5.74. The molecule has 0 unspecified atom stereocenters. The van der Waals surface area contributed by atoms with Crippen molar-refractivity contribution < 1.29 is 9.59 Å². The predicted molar refractivity (Wildman–Crippen MR) is 125 cm³/mol. The Kier molecular flexibility index (Phi) is 6.13. The molecule has 0 atom stereocenters. The van der Waals surface area contributed by atoms with Crippen molar-refractivity contribution >= 4 is 40.0 Å². The first-order valence-electron chi connectivity index (χ1n) is 10.3. The minimum atomic E-state index is -0.0712. The summed E-state index contributed by atoms with van der Waals surface area (Å²) in [7, 11) is 1.76. The van der Waals surface area contributed by atoms with Gasteiger partial charge in [0.05, 0.1) is 11.3 Å². The minimum Gasteiger partial charge on any atom is -0.368 e. The number of piperazine rings is 1. The van der Waals surface area contributed by atoms with Crippen LogP contribution in [-0.2, 0) is 11.8 Å². The van der Waals surface area contributed by atoms with Crippen LogP contribution in [-0.4, -0.2) is 53.1 Å². The molecule has 6 nitrogen and oxygen atoms in total. The second-order valence-electron chi connectivity index (χ2n) is 7.68. The monoisotopic (exact) mass is 435 g/mol. The van der Waals surface area contributed by atoms with Gasteiger partial charge in [-0.1, -0.05) is 18.2 Å². The number of carbonyl (C=O) groups excluding carboxylic acids is 2. The van der Waals surface area contributed by atoms with Gasteiger partial charge in [-0.15, -0.1) is 11.8 Å². The second-order valence-corrected chi connectivity index (χ2v) is 8.70. The van der Waals surface area contributed by atoms with E-state index in [0.717, 1.165) is 34.6 Å². The average Bonchev–Trinajstić information content (AvgIpc) is 2.80. The van der Waals surface area contributed by atoms with E-state index in [1.165, 1.54) is 11.8 Å². The van der Waals surface area contributed by atoms with Crippen LogP contribution in [0.25, 0.3) is 10.9 Å². The number of aromatic nitrogens is 1. The molecule has 1 fully saturated rings. The predicted octanol–water partition coefficient (Wildman–Crippen LogP) is 3.18. The summed E-state index contributed by atoms with van der Waals surface area (Å²) < 4.78 is 1.63. The zero-order chi connectivity index (χ0) is 22.0. The Morgan fingerprint density at radius 1 is 0.968 bits per heavy atom. The van der Waals surface area contributed by atoms with Crippen LogP contribution in [0.15, 0.2) is 64.3 Å². The fourth-order valence-electron chi connectivity index (χ4n) is 3.85. The summed E-state index contributed by atoms with van der Waals surface area (Å²) in [5.41, 5.74) is 2.57. The van der Waals surface area contributed by atoms with E-state index in [0.29, 0.717) is 24.4 Å². The highest BCUT2D eigenvalue weighted by Gasteiger charge is 2.22. The van der Waals surface area contributed by atoms with Crippen molar-refractivity contribution in [2.45, 2.75) is 11.8 Å². The Morgan fingerprint density at radius 2 is 1.65 bits per heavy atom. The molecule has 3 aromatic rings. The van der Waals surface area contributed by atoms with Crippen LogP contribution in [0.4, 0.5) is 5.69 Å². The lowest BCUT2D eigenvalue weighted by molar-refractivity contribution is -0.128. The quantitative estimate of drug-likeness (QED) is 0.455. The topological polar surface area (TPSA) is 62.6 Å². The van der Waals surface area contributed by atoms with Crippen molar-refractivity contribution in [2.24, 2.45) is 7.05 Å². The largest absolute Gasteiger partial charge is 0.368 e. The number of benzene rings is 2. The number of ketones is 1. The summed E-state index contributed by atoms with van der Waals surface area (Å²) in [5.74, 6) is 0.453. The van der Waals surface area contributed by atoms with E-state index in [1.54, 1.807) is 24.6 Å². The number of para-hydroxylation sites is 1. The zero-order valence-electron chi connectivity index (χ0n) is 17.7. The van der Waals surface area contributed by atoms with Crippen LogP contribution in [0.3, 0.4) is 0 Å². The van der Waals surface area contributed by atoms with Crippen molar-refractivity contribution in [3.05, 3.63) is 70.5 Å². The van der Waals surface area contributed by atoms with Crippen LogP contribution in [0.2, 0.25) is 0 Å². The van der Waals surface area contributed by atoms with E-state index in [9.17, 15) is 14.4 Å². The molecule has 2 heterocycles. The number of fused-ring (bicyclic) bond motifs is 1. The maximum absolute atomic E-state index is 12.8. The van der Waals surface area contributed by atoms with Crippen molar-refractivity contribution in [3.8, 4) is 0 Å². The fraction of sp³-hybridized carbons (Fsp3) is 0.292. The fourth-order valence-corrected chi connectivity index (χ4v) is 4.82. The molecule has 1 aliphatic rings. The molecule has 4 rings (SSSR count). The number of nitrogens with zero attached hydrogens (tertiary/aromatic N) is 3. The van der Waals surface area contributed by atoms with Gasteiger partial charge < -0.3 is 14.4 Å². The number of thioether (sulfide) groups is 1. The van der Waals surface area contributed by atoms with Gasteiger partial charge in [0.25, 0.3) is 5.56 Å². The molecule has 0 radical (unpaired) electrons. The van der Waals surface area contributed by atoms with E-state index in [1.807, 2.05) is 53.4 Å². The number of hydrogen-bond donors (Lipinski definition) is 0. The molecule has 1 aromatic heterocycles. The average molecular weight is 436 g/mol. The second kappa shape index (κ2) is 8.98. The Labute approximate surface area is 185 Å². The Bertz CT molecular complexity index is 1180. The van der Waals surface area contributed by atoms with Crippen molar-refractivity contribution in [3.63, 3.8) is 0 Å². The van der Waals surface area contributed by atoms with Gasteiger partial charge in [-0.2, -0.15) is 0 Å². The number of anilines is 1. The number of hydrogen-bond acceptors (Lipinski definition) is 5. The van der Waals surface area contributed by atoms with Gasteiger partial charge in [-0.05, 0) is 37.3 Å². The van der Waals surface area contributed by atoms with E-state index in [4.69, 9.17) is 0 Å². The summed E-state index contributed by atoms with van der Waals surface area (Å²) in [6, 6.07) is 17.0. The highest BCUT2D eigenvalue weighted by molar-refractivity contribution is 8.00. The summed E-state index contributed by atoms with van der Waals surface area (Å²) in [5, 5.41) is 0.987. The lowest BCUT2D eigenvalue weighted by Gasteiger charge is -2.36. The maximum Gasteiger partial charge on any atom is 0.251 e. The van der Waals surface area contributed by atoms with Gasteiger partial charge in [-0.25, -0.2) is 0 Å². The van der Waals surface area contributed by atoms with Gasteiger partial charge in [0.1, 0.15) is 0 Å². The van der Waals surface area contributed by atoms with Crippen molar-refractivity contribution in [1.82, 2.24) is 9.47 Å². The number of carbonyl (C=O) groups is 2. The number of aryl methyl sites for hydroxylation is 1. The summed E-state index contributed by atoms with van der Waals surface area (Å²) in [4.78, 5) is 41.5. The Morgan fingerprint density at radius 3 is 2.32 bits per heavy atom. The summed E-state index contributed by atoms with van der Waals surface area (Å²) >= 11 is 1.43. The number of amides is 1. The minimum absolute atomic E-state index is 0.0588. The maximum atomic E-state index is 12.8. The van der Waals surface area contributed by atoms with Crippen LogP contribution in [0.1, 0.15) is 17.3 Å². The zero-order valence-corrected chi connectivity index (χ0v) is 18.5. The highest BCUT2D eigenvalue weighted by Crippen LogP contribution is 2.26. The van der Waals surface area contributed by atoms with E-state index in [-0.39, 0.29) is 17.2 Å². The van der Waals surface area contributed by atoms with Gasteiger partial charge in [0.15, 0.2) is 5.78 Å². The standard InChI is InChI=1S/C24H25N3O3S/c1-17(28)18-7-9-19(10-8-18)26-11-13-27(14-12-26)24(30)16-31-22-15-23(29)25(2)21-6-4-3-5-20(21)22/h3-10,15H,11-14,16H2,1-2H3. The molecule has 0 spiro atoms. The number of pyridine rings is 1. The van der Waals surface area contributed by atoms with Gasteiger partial charge in [0.2, 0.25) is 5.91 Å². The molecule has 7 heteroatoms. The molecule has 0 bridgehead atoms. The first-order chi connectivity index (χ1) is 14.9. The van der Waals surface area contributed by atoms with Gasteiger partial charge in [0, 0.05) is 60.8 Å². The lowest BCUT2D eigenvalue weighted by Crippen LogP contribution is -2.49. The normalized spacial score (nSPS) is 14.1.